The van der Waals surface area contributed by atoms with E-state index in [4.69, 9.17) is 0 Å². The molecule has 0 radical (unpaired) electrons. The number of benzene rings is 1. The number of alkyl halides is 3. The monoisotopic (exact) mass is 359 g/mol. The van der Waals surface area contributed by atoms with Crippen molar-refractivity contribution in [2.24, 2.45) is 5.41 Å². The number of carbonyl (C=O) groups is 1. The highest BCUT2D eigenvalue weighted by Crippen LogP contribution is 2.30. The standard InChI is InChI=1S/C15H16F3N3O2S/c1-14(2,8-24-3)12(22)19-10-6-4-9(5-7-10)11-20-13(23-21-11)15(16,17)18/h4-7H,8H2,1-3H3,(H,19,22). The predicted octanol–water partition coefficient (Wildman–Crippen LogP) is 4.08. The number of hydrogen-bond donors (Lipinski definition) is 1. The topological polar surface area (TPSA) is 68.0 Å². The summed E-state index contributed by atoms with van der Waals surface area (Å²) in [5.41, 5.74) is 0.362. The Hall–Kier alpha value is -2.03. The van der Waals surface area contributed by atoms with E-state index < -0.39 is 17.5 Å². The van der Waals surface area contributed by atoms with Gasteiger partial charge in [0.05, 0.1) is 5.41 Å². The molecule has 1 amide bonds. The molecule has 0 saturated carbocycles. The third-order valence-corrected chi connectivity index (χ3v) is 4.20. The van der Waals surface area contributed by atoms with Crippen LogP contribution in [0.4, 0.5) is 18.9 Å². The third kappa shape index (κ3) is 4.28. The van der Waals surface area contributed by atoms with Gasteiger partial charge < -0.3 is 9.84 Å². The van der Waals surface area contributed by atoms with Crippen molar-refractivity contribution < 1.29 is 22.5 Å². The van der Waals surface area contributed by atoms with Gasteiger partial charge in [0.1, 0.15) is 0 Å². The summed E-state index contributed by atoms with van der Waals surface area (Å²) < 4.78 is 41.6. The molecule has 0 unspecified atom stereocenters. The van der Waals surface area contributed by atoms with Gasteiger partial charge in [-0.2, -0.15) is 29.9 Å². The highest BCUT2D eigenvalue weighted by Gasteiger charge is 2.38. The number of hydrogen-bond acceptors (Lipinski definition) is 5. The van der Waals surface area contributed by atoms with Gasteiger partial charge in [-0.3, -0.25) is 4.79 Å². The Morgan fingerprint density at radius 3 is 2.38 bits per heavy atom. The molecule has 24 heavy (non-hydrogen) atoms. The molecule has 1 aromatic carbocycles. The fraction of sp³-hybridized carbons (Fsp3) is 0.400. The molecule has 2 rings (SSSR count). The molecule has 0 bridgehead atoms. The molecule has 9 heteroatoms. The Morgan fingerprint density at radius 2 is 1.88 bits per heavy atom. The van der Waals surface area contributed by atoms with E-state index in [1.165, 1.54) is 12.1 Å². The van der Waals surface area contributed by atoms with E-state index in [0.717, 1.165) is 0 Å². The number of aromatic nitrogens is 2. The first-order valence-electron chi connectivity index (χ1n) is 6.95. The minimum atomic E-state index is -4.68. The van der Waals surface area contributed by atoms with Gasteiger partial charge in [0.15, 0.2) is 0 Å². The fourth-order valence-electron chi connectivity index (χ4n) is 1.89. The van der Waals surface area contributed by atoms with Crippen LogP contribution in [0.1, 0.15) is 19.7 Å². The molecule has 0 aliphatic heterocycles. The van der Waals surface area contributed by atoms with Crippen molar-refractivity contribution >= 4 is 23.4 Å². The van der Waals surface area contributed by atoms with Gasteiger partial charge >= 0.3 is 12.1 Å². The summed E-state index contributed by atoms with van der Waals surface area (Å²) in [6, 6.07) is 6.18. The molecule has 130 valence electrons. The second-order valence-corrected chi connectivity index (χ2v) is 6.64. The Balaban J connectivity index is 2.11. The molecule has 5 nitrogen and oxygen atoms in total. The molecule has 1 N–H and O–H groups in total. The number of thioether (sulfide) groups is 1. The van der Waals surface area contributed by atoms with Crippen molar-refractivity contribution in [1.82, 2.24) is 10.1 Å². The summed E-state index contributed by atoms with van der Waals surface area (Å²) in [4.78, 5) is 15.5. The van der Waals surface area contributed by atoms with Crippen molar-refractivity contribution in [2.75, 3.05) is 17.3 Å². The molecule has 1 aromatic heterocycles. The zero-order valence-electron chi connectivity index (χ0n) is 13.3. The lowest BCUT2D eigenvalue weighted by Crippen LogP contribution is -2.32. The van der Waals surface area contributed by atoms with E-state index >= 15 is 0 Å². The van der Waals surface area contributed by atoms with Gasteiger partial charge in [-0.15, -0.1) is 0 Å². The average Bonchev–Trinajstić information content (AvgIpc) is 2.98. The summed E-state index contributed by atoms with van der Waals surface area (Å²) in [7, 11) is 0. The van der Waals surface area contributed by atoms with E-state index in [9.17, 15) is 18.0 Å². The van der Waals surface area contributed by atoms with Crippen LogP contribution in [0.25, 0.3) is 11.4 Å². The first kappa shape index (κ1) is 18.3. The Kier molecular flexibility index (Phi) is 5.22. The maximum atomic E-state index is 12.5. The first-order chi connectivity index (χ1) is 11.1. The second kappa shape index (κ2) is 6.84. The van der Waals surface area contributed by atoms with Crippen molar-refractivity contribution in [3.8, 4) is 11.4 Å². The van der Waals surface area contributed by atoms with Gasteiger partial charge in [-0.1, -0.05) is 19.0 Å². The first-order valence-corrected chi connectivity index (χ1v) is 8.34. The van der Waals surface area contributed by atoms with Crippen molar-refractivity contribution in [3.05, 3.63) is 30.2 Å². The second-order valence-electron chi connectivity index (χ2n) is 5.77. The lowest BCUT2D eigenvalue weighted by Gasteiger charge is -2.22. The van der Waals surface area contributed by atoms with Crippen LogP contribution < -0.4 is 5.32 Å². The van der Waals surface area contributed by atoms with Crippen LogP contribution in [0.2, 0.25) is 0 Å². The molecular formula is C15H16F3N3O2S. The van der Waals surface area contributed by atoms with Gasteiger partial charge in [0.2, 0.25) is 11.7 Å². The normalized spacial score (nSPS) is 12.2. The number of halogens is 3. The summed E-state index contributed by atoms with van der Waals surface area (Å²) in [5.74, 6) is -1.03. The number of nitrogens with zero attached hydrogens (tertiary/aromatic N) is 2. The average molecular weight is 359 g/mol. The van der Waals surface area contributed by atoms with E-state index in [1.807, 2.05) is 20.1 Å². The maximum Gasteiger partial charge on any atom is 0.471 e. The van der Waals surface area contributed by atoms with Crippen molar-refractivity contribution in [3.63, 3.8) is 0 Å². The van der Waals surface area contributed by atoms with Crippen LogP contribution >= 0.6 is 11.8 Å². The minimum absolute atomic E-state index is 0.136. The zero-order valence-corrected chi connectivity index (χ0v) is 14.1. The summed E-state index contributed by atoms with van der Waals surface area (Å²) in [6.07, 6.45) is -2.76. The minimum Gasteiger partial charge on any atom is -0.329 e. The largest absolute Gasteiger partial charge is 0.471 e. The fourth-order valence-corrected chi connectivity index (χ4v) is 2.74. The molecule has 0 atom stereocenters. The maximum absolute atomic E-state index is 12.5. The molecule has 0 fully saturated rings. The molecule has 0 spiro atoms. The van der Waals surface area contributed by atoms with E-state index in [0.29, 0.717) is 17.0 Å². The Morgan fingerprint density at radius 1 is 1.25 bits per heavy atom. The number of amides is 1. The molecule has 1 heterocycles. The molecular weight excluding hydrogens is 343 g/mol. The van der Waals surface area contributed by atoms with Gasteiger partial charge in [0.25, 0.3) is 0 Å². The Labute approximate surface area is 141 Å². The molecule has 0 aliphatic rings. The van der Waals surface area contributed by atoms with Gasteiger partial charge in [-0.25, -0.2) is 0 Å². The lowest BCUT2D eigenvalue weighted by molar-refractivity contribution is -0.159. The SMILES string of the molecule is CSCC(C)(C)C(=O)Nc1ccc(-c2noc(C(F)(F)F)n2)cc1. The van der Waals surface area contributed by atoms with Crippen LogP contribution in [-0.4, -0.2) is 28.1 Å². The van der Waals surface area contributed by atoms with Crippen LogP contribution in [0.5, 0.6) is 0 Å². The quantitative estimate of drug-likeness (QED) is 0.871. The highest BCUT2D eigenvalue weighted by molar-refractivity contribution is 7.98. The number of carbonyl (C=O) groups excluding carboxylic acids is 1. The summed E-state index contributed by atoms with van der Waals surface area (Å²) >= 11 is 1.57. The number of anilines is 1. The summed E-state index contributed by atoms with van der Waals surface area (Å²) in [6.45, 7) is 3.68. The number of nitrogens with one attached hydrogen (secondary N) is 1. The van der Waals surface area contributed by atoms with Crippen LogP contribution in [0.3, 0.4) is 0 Å². The van der Waals surface area contributed by atoms with Crippen LogP contribution in [0.15, 0.2) is 28.8 Å². The van der Waals surface area contributed by atoms with E-state index in [1.54, 1.807) is 23.9 Å². The highest BCUT2D eigenvalue weighted by atomic mass is 32.2. The predicted molar refractivity (Wildman–Crippen MR) is 85.5 cm³/mol. The third-order valence-electron chi connectivity index (χ3n) is 3.19. The van der Waals surface area contributed by atoms with Gasteiger partial charge in [-0.05, 0) is 30.5 Å². The Bertz CT molecular complexity index is 711. The van der Waals surface area contributed by atoms with Gasteiger partial charge in [0, 0.05) is 17.0 Å². The summed E-state index contributed by atoms with van der Waals surface area (Å²) in [5, 5.41) is 6.09. The van der Waals surface area contributed by atoms with Crippen LogP contribution in [0, 0.1) is 5.41 Å². The van der Waals surface area contributed by atoms with Crippen molar-refractivity contribution in [2.45, 2.75) is 20.0 Å². The van der Waals surface area contributed by atoms with E-state index in [2.05, 4.69) is 20.0 Å². The van der Waals surface area contributed by atoms with E-state index in [-0.39, 0.29) is 11.7 Å². The smallest absolute Gasteiger partial charge is 0.329 e. The zero-order chi connectivity index (χ0) is 18.0. The molecule has 0 aliphatic carbocycles. The van der Waals surface area contributed by atoms with Crippen molar-refractivity contribution in [1.29, 1.82) is 0 Å². The molecule has 2 aromatic rings. The lowest BCUT2D eigenvalue weighted by atomic mass is 9.95. The molecule has 0 saturated heterocycles. The number of rotatable bonds is 5. The van der Waals surface area contributed by atoms with Crippen LogP contribution in [-0.2, 0) is 11.0 Å².